The van der Waals surface area contributed by atoms with Crippen LogP contribution in [0.4, 0.5) is 11.4 Å². The number of rotatable bonds is 1. The third-order valence-electron chi connectivity index (χ3n) is 3.92. The molecular formula is C14H17N3O3. The van der Waals surface area contributed by atoms with Crippen molar-refractivity contribution < 1.29 is 14.7 Å². The number of fused-ring (bicyclic) bond motifs is 1. The van der Waals surface area contributed by atoms with Crippen LogP contribution in [-0.4, -0.2) is 36.4 Å². The summed E-state index contributed by atoms with van der Waals surface area (Å²) in [5, 5.41) is 12.8. The Labute approximate surface area is 117 Å². The average molecular weight is 275 g/mol. The minimum Gasteiger partial charge on any atom is -0.356 e. The van der Waals surface area contributed by atoms with Crippen molar-refractivity contribution in [3.8, 4) is 0 Å². The van der Waals surface area contributed by atoms with Gasteiger partial charge in [0.05, 0.1) is 11.4 Å². The minimum atomic E-state index is -0.892. The molecule has 0 radical (unpaired) electrons. The lowest BCUT2D eigenvalue weighted by Gasteiger charge is -2.31. The highest BCUT2D eigenvalue weighted by atomic mass is 16.3. The lowest BCUT2D eigenvalue weighted by atomic mass is 10.1. The Kier molecular flexibility index (Phi) is 3.10. The van der Waals surface area contributed by atoms with Gasteiger partial charge in [-0.1, -0.05) is 12.1 Å². The van der Waals surface area contributed by atoms with Crippen LogP contribution < -0.4 is 15.1 Å². The molecule has 1 fully saturated rings. The molecule has 6 nitrogen and oxygen atoms in total. The van der Waals surface area contributed by atoms with Crippen LogP contribution in [0.5, 0.6) is 0 Å². The lowest BCUT2D eigenvalue weighted by Crippen LogP contribution is -2.53. The van der Waals surface area contributed by atoms with Crippen LogP contribution >= 0.6 is 0 Å². The molecule has 1 saturated heterocycles. The van der Waals surface area contributed by atoms with E-state index in [0.29, 0.717) is 19.3 Å². The molecule has 2 N–H and O–H groups in total. The molecule has 106 valence electrons. The van der Waals surface area contributed by atoms with Gasteiger partial charge >= 0.3 is 0 Å². The maximum Gasteiger partial charge on any atom is 0.249 e. The van der Waals surface area contributed by atoms with Crippen LogP contribution in [0.1, 0.15) is 19.3 Å². The molecule has 2 heterocycles. The zero-order valence-electron chi connectivity index (χ0n) is 11.2. The molecule has 2 atom stereocenters. The van der Waals surface area contributed by atoms with Crippen LogP contribution in [0.3, 0.4) is 0 Å². The number of anilines is 2. The van der Waals surface area contributed by atoms with Crippen LogP contribution in [0.15, 0.2) is 24.3 Å². The minimum absolute atomic E-state index is 0.243. The fourth-order valence-electron chi connectivity index (χ4n) is 2.88. The summed E-state index contributed by atoms with van der Waals surface area (Å²) in [5.74, 6) is -0.579. The third kappa shape index (κ3) is 1.92. The molecule has 1 aromatic carbocycles. The van der Waals surface area contributed by atoms with Gasteiger partial charge in [-0.2, -0.15) is 0 Å². The predicted octanol–water partition coefficient (Wildman–Crippen LogP) is 0.414. The van der Waals surface area contributed by atoms with E-state index in [1.165, 1.54) is 0 Å². The van der Waals surface area contributed by atoms with Gasteiger partial charge in [-0.25, -0.2) is 0 Å². The van der Waals surface area contributed by atoms with Gasteiger partial charge in [0.1, 0.15) is 6.04 Å². The number of amides is 2. The summed E-state index contributed by atoms with van der Waals surface area (Å²) in [5.41, 5.74) is 1.69. The molecule has 0 spiro atoms. The van der Waals surface area contributed by atoms with Crippen molar-refractivity contribution in [1.82, 2.24) is 5.32 Å². The number of aliphatic hydroxyl groups excluding tert-OH is 1. The summed E-state index contributed by atoms with van der Waals surface area (Å²) in [4.78, 5) is 27.0. The number of nitrogens with zero attached hydrogens (tertiary/aromatic N) is 2. The molecule has 0 aromatic heterocycles. The number of hydrogen-bond donors (Lipinski definition) is 2. The lowest BCUT2D eigenvalue weighted by molar-refractivity contribution is -0.130. The number of aliphatic hydroxyl groups is 1. The van der Waals surface area contributed by atoms with Crippen molar-refractivity contribution in [2.24, 2.45) is 0 Å². The van der Waals surface area contributed by atoms with Crippen molar-refractivity contribution in [1.29, 1.82) is 0 Å². The SMILES string of the molecule is CN1c2ccccc2N(C2CCCC(=O)NC2=O)C1O. The molecule has 2 unspecified atom stereocenters. The van der Waals surface area contributed by atoms with Gasteiger partial charge in [0.2, 0.25) is 18.2 Å². The van der Waals surface area contributed by atoms with Gasteiger partial charge in [0.15, 0.2) is 0 Å². The summed E-state index contributed by atoms with van der Waals surface area (Å²) < 4.78 is 0. The monoisotopic (exact) mass is 275 g/mol. The Balaban J connectivity index is 1.97. The Hall–Kier alpha value is -2.08. The zero-order chi connectivity index (χ0) is 14.3. The van der Waals surface area contributed by atoms with E-state index < -0.39 is 12.4 Å². The summed E-state index contributed by atoms with van der Waals surface area (Å²) in [7, 11) is 1.78. The van der Waals surface area contributed by atoms with Gasteiger partial charge < -0.3 is 14.9 Å². The second kappa shape index (κ2) is 4.79. The number of imide groups is 1. The third-order valence-corrected chi connectivity index (χ3v) is 3.92. The van der Waals surface area contributed by atoms with Crippen molar-refractivity contribution in [2.45, 2.75) is 31.7 Å². The quantitative estimate of drug-likeness (QED) is 0.726. The molecule has 0 bridgehead atoms. The first kappa shape index (κ1) is 12.9. The van der Waals surface area contributed by atoms with E-state index in [-0.39, 0.29) is 11.8 Å². The molecule has 2 aliphatic rings. The highest BCUT2D eigenvalue weighted by molar-refractivity contribution is 6.00. The standard InChI is InChI=1S/C14H17N3O3/c1-16-9-5-2-3-6-10(9)17(14(16)20)11-7-4-8-12(18)15-13(11)19/h2-3,5-6,11,14,20H,4,7-8H2,1H3,(H,15,18,19). The maximum atomic E-state index is 12.2. The number of hydrogen-bond acceptors (Lipinski definition) is 5. The number of benzene rings is 1. The van der Waals surface area contributed by atoms with Crippen LogP contribution in [0.2, 0.25) is 0 Å². The molecule has 0 saturated carbocycles. The first-order valence-corrected chi connectivity index (χ1v) is 6.71. The molecule has 0 aliphatic carbocycles. The number of carbonyl (C=O) groups excluding carboxylic acids is 2. The van der Waals surface area contributed by atoms with Crippen molar-refractivity contribution in [3.05, 3.63) is 24.3 Å². The van der Waals surface area contributed by atoms with Crippen LogP contribution in [0.25, 0.3) is 0 Å². The van der Waals surface area contributed by atoms with Crippen molar-refractivity contribution in [3.63, 3.8) is 0 Å². The van der Waals surface area contributed by atoms with Gasteiger partial charge in [-0.15, -0.1) is 0 Å². The summed E-state index contributed by atoms with van der Waals surface area (Å²) in [6.45, 7) is 0. The average Bonchev–Trinajstić information content (AvgIpc) is 2.57. The van der Waals surface area contributed by atoms with E-state index in [9.17, 15) is 14.7 Å². The Morgan fingerprint density at radius 2 is 1.95 bits per heavy atom. The summed E-state index contributed by atoms with van der Waals surface area (Å²) >= 11 is 0. The molecule has 2 aliphatic heterocycles. The van der Waals surface area contributed by atoms with Gasteiger partial charge in [0, 0.05) is 13.5 Å². The zero-order valence-corrected chi connectivity index (χ0v) is 11.2. The Morgan fingerprint density at radius 3 is 2.70 bits per heavy atom. The molecule has 6 heteroatoms. The largest absolute Gasteiger partial charge is 0.356 e. The number of nitrogens with one attached hydrogen (secondary N) is 1. The van der Waals surface area contributed by atoms with E-state index in [2.05, 4.69) is 5.32 Å². The maximum absolute atomic E-state index is 12.2. The molecular weight excluding hydrogens is 258 g/mol. The Bertz CT molecular complexity index is 560. The molecule has 3 rings (SSSR count). The van der Waals surface area contributed by atoms with E-state index in [4.69, 9.17) is 0 Å². The summed E-state index contributed by atoms with van der Waals surface area (Å²) in [6, 6.07) is 7.02. The highest BCUT2D eigenvalue weighted by Gasteiger charge is 2.40. The second-order valence-corrected chi connectivity index (χ2v) is 5.17. The number of para-hydroxylation sites is 2. The van der Waals surface area contributed by atoms with E-state index in [1.807, 2.05) is 24.3 Å². The van der Waals surface area contributed by atoms with Crippen molar-refractivity contribution >= 4 is 23.2 Å². The summed E-state index contributed by atoms with van der Waals surface area (Å²) in [6.07, 6.45) is 0.647. The van der Waals surface area contributed by atoms with E-state index in [1.54, 1.807) is 16.8 Å². The van der Waals surface area contributed by atoms with Crippen molar-refractivity contribution in [2.75, 3.05) is 16.8 Å². The van der Waals surface area contributed by atoms with Gasteiger partial charge in [0.25, 0.3) is 0 Å². The first-order valence-electron chi connectivity index (χ1n) is 6.71. The normalized spacial score (nSPS) is 26.3. The predicted molar refractivity (Wildman–Crippen MR) is 74.1 cm³/mol. The molecule has 2 amide bonds. The first-order chi connectivity index (χ1) is 9.59. The molecule has 20 heavy (non-hydrogen) atoms. The second-order valence-electron chi connectivity index (χ2n) is 5.17. The highest BCUT2D eigenvalue weighted by Crippen LogP contribution is 2.39. The Morgan fingerprint density at radius 1 is 1.25 bits per heavy atom. The topological polar surface area (TPSA) is 72.9 Å². The van der Waals surface area contributed by atoms with Crippen LogP contribution in [-0.2, 0) is 9.59 Å². The van der Waals surface area contributed by atoms with Crippen LogP contribution in [0, 0.1) is 0 Å². The van der Waals surface area contributed by atoms with E-state index >= 15 is 0 Å². The van der Waals surface area contributed by atoms with Gasteiger partial charge in [-0.3, -0.25) is 14.9 Å². The number of carbonyl (C=O) groups is 2. The molecule has 1 aromatic rings. The van der Waals surface area contributed by atoms with E-state index in [0.717, 1.165) is 11.4 Å². The fourth-order valence-corrected chi connectivity index (χ4v) is 2.88. The fraction of sp³-hybridized carbons (Fsp3) is 0.429. The van der Waals surface area contributed by atoms with Gasteiger partial charge in [-0.05, 0) is 25.0 Å². The smallest absolute Gasteiger partial charge is 0.249 e.